The lowest BCUT2D eigenvalue weighted by Gasteiger charge is -2.10. The van der Waals surface area contributed by atoms with E-state index < -0.39 is 0 Å². The Morgan fingerprint density at radius 3 is 2.71 bits per heavy atom. The molecule has 21 heavy (non-hydrogen) atoms. The Hall–Kier alpha value is -2.00. The third-order valence-corrected chi connectivity index (χ3v) is 3.43. The second-order valence-corrected chi connectivity index (χ2v) is 5.26. The smallest absolute Gasteiger partial charge is 0.251 e. The van der Waals surface area contributed by atoms with E-state index in [1.807, 2.05) is 50.2 Å². The first-order valence-electron chi connectivity index (χ1n) is 6.80. The van der Waals surface area contributed by atoms with Gasteiger partial charge < -0.3 is 10.1 Å². The van der Waals surface area contributed by atoms with Gasteiger partial charge in [-0.1, -0.05) is 35.9 Å². The fourth-order valence-electron chi connectivity index (χ4n) is 1.97. The van der Waals surface area contributed by atoms with E-state index in [0.29, 0.717) is 29.5 Å². The van der Waals surface area contributed by atoms with Crippen LogP contribution in [0.25, 0.3) is 0 Å². The highest BCUT2D eigenvalue weighted by atomic mass is 35.5. The van der Waals surface area contributed by atoms with Crippen molar-refractivity contribution in [3.8, 4) is 5.75 Å². The lowest BCUT2D eigenvalue weighted by atomic mass is 10.1. The number of aryl methyl sites for hydroxylation is 2. The van der Waals surface area contributed by atoms with E-state index in [4.69, 9.17) is 16.3 Å². The topological polar surface area (TPSA) is 38.3 Å². The molecule has 0 spiro atoms. The zero-order valence-corrected chi connectivity index (χ0v) is 12.9. The number of hydrogen-bond donors (Lipinski definition) is 1. The van der Waals surface area contributed by atoms with Gasteiger partial charge in [0.2, 0.25) is 0 Å². The van der Waals surface area contributed by atoms with Crippen LogP contribution in [-0.4, -0.2) is 19.1 Å². The predicted molar refractivity (Wildman–Crippen MR) is 85.2 cm³/mol. The molecular formula is C17H18ClNO2. The SMILES string of the molecule is Cc1ccc(Cl)c(OCCNC(=O)c2ccccc2C)c1. The van der Waals surface area contributed by atoms with Gasteiger partial charge in [-0.25, -0.2) is 0 Å². The Balaban J connectivity index is 1.84. The second kappa shape index (κ2) is 7.14. The average molecular weight is 304 g/mol. The van der Waals surface area contributed by atoms with Crippen LogP contribution in [0.1, 0.15) is 21.5 Å². The highest BCUT2D eigenvalue weighted by molar-refractivity contribution is 6.32. The first-order chi connectivity index (χ1) is 10.1. The van der Waals surface area contributed by atoms with Crippen LogP contribution in [0.3, 0.4) is 0 Å². The molecule has 110 valence electrons. The number of ether oxygens (including phenoxy) is 1. The molecule has 0 atom stereocenters. The molecule has 2 aromatic rings. The fourth-order valence-corrected chi connectivity index (χ4v) is 2.14. The van der Waals surface area contributed by atoms with Crippen LogP contribution in [0.5, 0.6) is 5.75 Å². The molecule has 0 heterocycles. The van der Waals surface area contributed by atoms with Crippen LogP contribution in [0, 0.1) is 13.8 Å². The fraction of sp³-hybridized carbons (Fsp3) is 0.235. The van der Waals surface area contributed by atoms with Gasteiger partial charge in [-0.05, 0) is 43.2 Å². The summed E-state index contributed by atoms with van der Waals surface area (Å²) < 4.78 is 5.59. The second-order valence-electron chi connectivity index (χ2n) is 4.85. The summed E-state index contributed by atoms with van der Waals surface area (Å²) in [6.45, 7) is 4.69. The maximum atomic E-state index is 12.0. The summed E-state index contributed by atoms with van der Waals surface area (Å²) in [5.41, 5.74) is 2.72. The molecule has 0 saturated heterocycles. The molecule has 1 N–H and O–H groups in total. The van der Waals surface area contributed by atoms with Gasteiger partial charge >= 0.3 is 0 Å². The van der Waals surface area contributed by atoms with Crippen molar-refractivity contribution in [3.63, 3.8) is 0 Å². The van der Waals surface area contributed by atoms with E-state index in [0.717, 1.165) is 11.1 Å². The summed E-state index contributed by atoms with van der Waals surface area (Å²) in [5, 5.41) is 3.41. The van der Waals surface area contributed by atoms with Gasteiger partial charge in [0, 0.05) is 5.56 Å². The number of carbonyl (C=O) groups is 1. The Labute approximate surface area is 129 Å². The third-order valence-electron chi connectivity index (χ3n) is 3.12. The van der Waals surface area contributed by atoms with Crippen molar-refractivity contribution in [1.29, 1.82) is 0 Å². The minimum absolute atomic E-state index is 0.0907. The largest absolute Gasteiger partial charge is 0.490 e. The first-order valence-corrected chi connectivity index (χ1v) is 7.18. The Kier molecular flexibility index (Phi) is 5.23. The van der Waals surface area contributed by atoms with Crippen molar-refractivity contribution < 1.29 is 9.53 Å². The number of halogens is 1. The average Bonchev–Trinajstić information content (AvgIpc) is 2.47. The molecule has 0 aliphatic heterocycles. The van der Waals surface area contributed by atoms with E-state index in [1.165, 1.54) is 0 Å². The third kappa shape index (κ3) is 4.23. The van der Waals surface area contributed by atoms with Crippen LogP contribution in [0.4, 0.5) is 0 Å². The zero-order chi connectivity index (χ0) is 15.2. The summed E-state index contributed by atoms with van der Waals surface area (Å²) in [6.07, 6.45) is 0. The standard InChI is InChI=1S/C17H18ClNO2/c1-12-7-8-15(18)16(11-12)21-10-9-19-17(20)14-6-4-3-5-13(14)2/h3-8,11H,9-10H2,1-2H3,(H,19,20). The molecule has 2 aromatic carbocycles. The van der Waals surface area contributed by atoms with Gasteiger partial charge in [0.1, 0.15) is 12.4 Å². The summed E-state index contributed by atoms with van der Waals surface area (Å²) in [7, 11) is 0. The molecule has 0 unspecified atom stereocenters. The van der Waals surface area contributed by atoms with Crippen molar-refractivity contribution in [1.82, 2.24) is 5.32 Å². The number of hydrogen-bond acceptors (Lipinski definition) is 2. The molecule has 0 bridgehead atoms. The summed E-state index contributed by atoms with van der Waals surface area (Å²) in [5.74, 6) is 0.550. The molecule has 0 aromatic heterocycles. The molecule has 1 amide bonds. The lowest BCUT2D eigenvalue weighted by molar-refractivity contribution is 0.0946. The summed E-state index contributed by atoms with van der Waals surface area (Å²) >= 11 is 6.04. The van der Waals surface area contributed by atoms with Crippen LogP contribution >= 0.6 is 11.6 Å². The number of rotatable bonds is 5. The Bertz CT molecular complexity index is 640. The number of carbonyl (C=O) groups excluding carboxylic acids is 1. The van der Waals surface area contributed by atoms with Gasteiger partial charge in [-0.2, -0.15) is 0 Å². The van der Waals surface area contributed by atoms with Gasteiger partial charge in [0.15, 0.2) is 0 Å². The van der Waals surface area contributed by atoms with Crippen molar-refractivity contribution >= 4 is 17.5 Å². The van der Waals surface area contributed by atoms with Gasteiger partial charge in [0.05, 0.1) is 11.6 Å². The highest BCUT2D eigenvalue weighted by Crippen LogP contribution is 2.24. The van der Waals surface area contributed by atoms with Gasteiger partial charge in [-0.15, -0.1) is 0 Å². The van der Waals surface area contributed by atoms with Crippen molar-refractivity contribution in [2.75, 3.05) is 13.2 Å². The molecule has 0 aliphatic carbocycles. The number of nitrogens with one attached hydrogen (secondary N) is 1. The van der Waals surface area contributed by atoms with Crippen LogP contribution < -0.4 is 10.1 Å². The maximum Gasteiger partial charge on any atom is 0.251 e. The number of amides is 1. The van der Waals surface area contributed by atoms with E-state index in [9.17, 15) is 4.79 Å². The van der Waals surface area contributed by atoms with Crippen molar-refractivity contribution in [2.24, 2.45) is 0 Å². The first kappa shape index (κ1) is 15.4. The Morgan fingerprint density at radius 1 is 1.19 bits per heavy atom. The minimum atomic E-state index is -0.0907. The van der Waals surface area contributed by atoms with Gasteiger partial charge in [-0.3, -0.25) is 4.79 Å². The van der Waals surface area contributed by atoms with E-state index in [1.54, 1.807) is 6.07 Å². The monoisotopic (exact) mass is 303 g/mol. The molecular weight excluding hydrogens is 286 g/mol. The van der Waals surface area contributed by atoms with Crippen LogP contribution in [-0.2, 0) is 0 Å². The minimum Gasteiger partial charge on any atom is -0.490 e. The maximum absolute atomic E-state index is 12.0. The van der Waals surface area contributed by atoms with Crippen LogP contribution in [0.15, 0.2) is 42.5 Å². The van der Waals surface area contributed by atoms with Crippen molar-refractivity contribution in [2.45, 2.75) is 13.8 Å². The van der Waals surface area contributed by atoms with E-state index >= 15 is 0 Å². The number of benzene rings is 2. The molecule has 0 radical (unpaired) electrons. The molecule has 2 rings (SSSR count). The van der Waals surface area contributed by atoms with Crippen LogP contribution in [0.2, 0.25) is 5.02 Å². The van der Waals surface area contributed by atoms with Gasteiger partial charge in [0.25, 0.3) is 5.91 Å². The van der Waals surface area contributed by atoms with E-state index in [-0.39, 0.29) is 5.91 Å². The molecule has 0 fully saturated rings. The predicted octanol–water partition coefficient (Wildman–Crippen LogP) is 3.77. The normalized spacial score (nSPS) is 10.2. The zero-order valence-electron chi connectivity index (χ0n) is 12.2. The molecule has 3 nitrogen and oxygen atoms in total. The quantitative estimate of drug-likeness (QED) is 0.854. The molecule has 0 saturated carbocycles. The lowest BCUT2D eigenvalue weighted by Crippen LogP contribution is -2.28. The highest BCUT2D eigenvalue weighted by Gasteiger charge is 2.07. The van der Waals surface area contributed by atoms with Crippen molar-refractivity contribution in [3.05, 3.63) is 64.2 Å². The molecule has 0 aliphatic rings. The summed E-state index contributed by atoms with van der Waals surface area (Å²) in [4.78, 5) is 12.0. The molecule has 4 heteroatoms. The Morgan fingerprint density at radius 2 is 1.95 bits per heavy atom. The van der Waals surface area contributed by atoms with E-state index in [2.05, 4.69) is 5.32 Å². The summed E-state index contributed by atoms with van der Waals surface area (Å²) in [6, 6.07) is 13.1.